The first-order chi connectivity index (χ1) is 9.20. The third-order valence-corrected chi connectivity index (χ3v) is 5.50. The lowest BCUT2D eigenvalue weighted by Gasteiger charge is -2.31. The van der Waals surface area contributed by atoms with Crippen molar-refractivity contribution in [2.45, 2.75) is 11.8 Å². The molecule has 100 valence electrons. The summed E-state index contributed by atoms with van der Waals surface area (Å²) in [5.74, 6) is 0.323. The maximum Gasteiger partial charge on any atom is 0.115 e. The highest BCUT2D eigenvalue weighted by molar-refractivity contribution is 9.09. The molecule has 19 heavy (non-hydrogen) atoms. The lowest BCUT2D eigenvalue weighted by atomic mass is 9.79. The fraction of sp³-hybridized carbons (Fsp3) is 0.250. The van der Waals surface area contributed by atoms with E-state index in [1.807, 2.05) is 18.2 Å². The minimum absolute atomic E-state index is 0.00491. The molecular weight excluding hydrogens is 368 g/mol. The molecule has 0 atom stereocenters. The van der Waals surface area contributed by atoms with Gasteiger partial charge in [-0.3, -0.25) is 0 Å². The van der Waals surface area contributed by atoms with E-state index in [1.54, 1.807) is 6.07 Å². The number of benzene rings is 2. The Morgan fingerprint density at radius 3 is 2.16 bits per heavy atom. The van der Waals surface area contributed by atoms with Gasteiger partial charge < -0.3 is 5.11 Å². The van der Waals surface area contributed by atoms with Crippen molar-refractivity contribution in [2.24, 2.45) is 0 Å². The molecule has 2 aromatic rings. The Bertz CT molecular complexity index is 521. The molecule has 0 aliphatic heterocycles. The van der Waals surface area contributed by atoms with Crippen LogP contribution in [0, 0.1) is 0 Å². The van der Waals surface area contributed by atoms with Gasteiger partial charge in [-0.15, -0.1) is 0 Å². The summed E-state index contributed by atoms with van der Waals surface area (Å²) in [7, 11) is 0. The van der Waals surface area contributed by atoms with Crippen LogP contribution in [0.3, 0.4) is 0 Å². The molecular formula is C16H16Br2O. The second-order valence-electron chi connectivity index (χ2n) is 4.76. The Morgan fingerprint density at radius 2 is 1.58 bits per heavy atom. The minimum atomic E-state index is -0.00491. The largest absolute Gasteiger partial charge is 0.508 e. The smallest absolute Gasteiger partial charge is 0.115 e. The van der Waals surface area contributed by atoms with Gasteiger partial charge in [-0.2, -0.15) is 0 Å². The Kier molecular flexibility index (Phi) is 5.06. The van der Waals surface area contributed by atoms with E-state index in [4.69, 9.17) is 0 Å². The molecule has 3 heteroatoms. The first-order valence-corrected chi connectivity index (χ1v) is 8.40. The second-order valence-corrected chi connectivity index (χ2v) is 5.88. The highest BCUT2D eigenvalue weighted by Crippen LogP contribution is 2.33. The van der Waals surface area contributed by atoms with Crippen molar-refractivity contribution in [1.82, 2.24) is 0 Å². The monoisotopic (exact) mass is 382 g/mol. The van der Waals surface area contributed by atoms with Crippen LogP contribution < -0.4 is 0 Å². The third kappa shape index (κ3) is 3.40. The average molecular weight is 384 g/mol. The summed E-state index contributed by atoms with van der Waals surface area (Å²) in [6, 6.07) is 18.0. The molecule has 0 heterocycles. The fourth-order valence-electron chi connectivity index (χ4n) is 2.24. The number of phenolic OH excluding ortho intramolecular Hbond substituents is 1. The summed E-state index contributed by atoms with van der Waals surface area (Å²) in [6.45, 7) is 0. The van der Waals surface area contributed by atoms with Crippen molar-refractivity contribution in [2.75, 3.05) is 10.7 Å². The molecule has 0 fully saturated rings. The molecule has 0 spiro atoms. The van der Waals surface area contributed by atoms with Gasteiger partial charge in [-0.25, -0.2) is 0 Å². The Balaban J connectivity index is 2.35. The third-order valence-electron chi connectivity index (χ3n) is 3.35. The number of hydrogen-bond acceptors (Lipinski definition) is 1. The highest BCUT2D eigenvalue weighted by atomic mass is 79.9. The summed E-state index contributed by atoms with van der Waals surface area (Å²) in [5.41, 5.74) is 2.43. The number of alkyl halides is 2. The Morgan fingerprint density at radius 1 is 0.895 bits per heavy atom. The van der Waals surface area contributed by atoms with Gasteiger partial charge in [0.25, 0.3) is 0 Å². The molecule has 2 aromatic carbocycles. The van der Waals surface area contributed by atoms with Crippen LogP contribution in [0.1, 0.15) is 11.1 Å². The van der Waals surface area contributed by atoms with E-state index < -0.39 is 0 Å². The van der Waals surface area contributed by atoms with Crippen LogP contribution in [-0.2, 0) is 11.8 Å². The van der Waals surface area contributed by atoms with Crippen molar-refractivity contribution in [3.05, 3.63) is 65.7 Å². The summed E-state index contributed by atoms with van der Waals surface area (Å²) < 4.78 is 0. The number of rotatable bonds is 5. The molecule has 0 unspecified atom stereocenters. The van der Waals surface area contributed by atoms with E-state index in [9.17, 15) is 5.11 Å². The molecule has 0 saturated carbocycles. The standard InChI is InChI=1S/C16H16Br2O/c17-11-16(12-18,14-6-2-1-3-7-14)10-13-5-4-8-15(19)9-13/h1-9,19H,10-12H2. The molecule has 0 amide bonds. The van der Waals surface area contributed by atoms with Crippen LogP contribution in [0.25, 0.3) is 0 Å². The van der Waals surface area contributed by atoms with Gasteiger partial charge in [0.2, 0.25) is 0 Å². The summed E-state index contributed by atoms with van der Waals surface area (Å²) in [5, 5.41) is 11.3. The minimum Gasteiger partial charge on any atom is -0.508 e. The highest BCUT2D eigenvalue weighted by Gasteiger charge is 2.30. The molecule has 0 bridgehead atoms. The fourth-order valence-corrected chi connectivity index (χ4v) is 4.21. The SMILES string of the molecule is Oc1cccc(CC(CBr)(CBr)c2ccccc2)c1. The van der Waals surface area contributed by atoms with Crippen molar-refractivity contribution >= 4 is 31.9 Å². The zero-order chi connectivity index (χ0) is 13.7. The van der Waals surface area contributed by atoms with Gasteiger partial charge >= 0.3 is 0 Å². The van der Waals surface area contributed by atoms with Crippen LogP contribution in [0.4, 0.5) is 0 Å². The second kappa shape index (κ2) is 6.58. The Labute approximate surface area is 130 Å². The predicted octanol–water partition coefficient (Wildman–Crippen LogP) is 4.66. The van der Waals surface area contributed by atoms with Crippen molar-refractivity contribution in [3.8, 4) is 5.75 Å². The van der Waals surface area contributed by atoms with Gasteiger partial charge in [-0.1, -0.05) is 74.3 Å². The predicted molar refractivity (Wildman–Crippen MR) is 87.5 cm³/mol. The molecule has 0 radical (unpaired) electrons. The van der Waals surface area contributed by atoms with E-state index in [-0.39, 0.29) is 5.41 Å². The summed E-state index contributed by atoms with van der Waals surface area (Å²) in [4.78, 5) is 0. The molecule has 0 saturated heterocycles. The van der Waals surface area contributed by atoms with E-state index in [0.29, 0.717) is 5.75 Å². The van der Waals surface area contributed by atoms with E-state index in [1.165, 1.54) is 5.56 Å². The molecule has 0 aliphatic rings. The molecule has 1 nitrogen and oxygen atoms in total. The van der Waals surface area contributed by atoms with E-state index in [0.717, 1.165) is 22.6 Å². The maximum absolute atomic E-state index is 9.60. The molecule has 1 N–H and O–H groups in total. The number of aromatic hydroxyl groups is 1. The number of phenols is 1. The van der Waals surface area contributed by atoms with E-state index in [2.05, 4.69) is 62.2 Å². The van der Waals surface area contributed by atoms with Crippen molar-refractivity contribution in [1.29, 1.82) is 0 Å². The number of halogens is 2. The zero-order valence-electron chi connectivity index (χ0n) is 10.5. The quantitative estimate of drug-likeness (QED) is 0.744. The lowest BCUT2D eigenvalue weighted by Crippen LogP contribution is -2.32. The van der Waals surface area contributed by atoms with Crippen LogP contribution >= 0.6 is 31.9 Å². The summed E-state index contributed by atoms with van der Waals surface area (Å²) >= 11 is 7.31. The van der Waals surface area contributed by atoms with Crippen molar-refractivity contribution < 1.29 is 5.11 Å². The number of hydrogen-bond donors (Lipinski definition) is 1. The Hall–Kier alpha value is -0.800. The maximum atomic E-state index is 9.60. The van der Waals surface area contributed by atoms with Gasteiger partial charge in [0.1, 0.15) is 5.75 Å². The first-order valence-electron chi connectivity index (χ1n) is 6.15. The van der Waals surface area contributed by atoms with Crippen LogP contribution in [0.5, 0.6) is 5.75 Å². The summed E-state index contributed by atoms with van der Waals surface area (Å²) in [6.07, 6.45) is 0.877. The van der Waals surface area contributed by atoms with Crippen molar-refractivity contribution in [3.63, 3.8) is 0 Å². The van der Waals surface area contributed by atoms with Gasteiger partial charge in [-0.05, 0) is 29.7 Å². The van der Waals surface area contributed by atoms with Gasteiger partial charge in [0.15, 0.2) is 0 Å². The topological polar surface area (TPSA) is 20.2 Å². The molecule has 0 aliphatic carbocycles. The normalized spacial score (nSPS) is 11.5. The molecule has 0 aromatic heterocycles. The zero-order valence-corrected chi connectivity index (χ0v) is 13.7. The molecule has 2 rings (SSSR count). The van der Waals surface area contributed by atoms with Crippen LogP contribution in [-0.4, -0.2) is 15.8 Å². The first kappa shape index (κ1) is 14.6. The average Bonchev–Trinajstić information content (AvgIpc) is 2.46. The van der Waals surface area contributed by atoms with Gasteiger partial charge in [0.05, 0.1) is 0 Å². The van der Waals surface area contributed by atoms with E-state index >= 15 is 0 Å². The van der Waals surface area contributed by atoms with Crippen LogP contribution in [0.2, 0.25) is 0 Å². The van der Waals surface area contributed by atoms with Gasteiger partial charge in [0, 0.05) is 16.1 Å². The van der Waals surface area contributed by atoms with Crippen LogP contribution in [0.15, 0.2) is 54.6 Å². The lowest BCUT2D eigenvalue weighted by molar-refractivity contribution is 0.472.